The van der Waals surface area contributed by atoms with Crippen molar-refractivity contribution in [1.29, 1.82) is 0 Å². The van der Waals surface area contributed by atoms with Crippen LogP contribution in [0.15, 0.2) is 12.0 Å². The SMILES string of the molecule is CCCOC(=O)C[C@H]1[C@H]2C=C(OC)N(C(=O)OC(C)C)N(C(=O)OC(C)C)[C@H]21. The molecule has 3 atom stereocenters. The van der Waals surface area contributed by atoms with Gasteiger partial charge in [-0.25, -0.2) is 14.6 Å². The van der Waals surface area contributed by atoms with E-state index in [1.54, 1.807) is 33.8 Å². The molecule has 1 aliphatic carbocycles. The lowest BCUT2D eigenvalue weighted by Crippen LogP contribution is -2.54. The third kappa shape index (κ3) is 4.88. The van der Waals surface area contributed by atoms with Gasteiger partial charge in [-0.3, -0.25) is 4.79 Å². The van der Waals surface area contributed by atoms with E-state index in [0.29, 0.717) is 6.61 Å². The van der Waals surface area contributed by atoms with E-state index < -0.39 is 18.2 Å². The summed E-state index contributed by atoms with van der Waals surface area (Å²) in [4.78, 5) is 37.5. The van der Waals surface area contributed by atoms with Crippen LogP contribution in [0.4, 0.5) is 9.59 Å². The number of methoxy groups -OCH3 is 1. The van der Waals surface area contributed by atoms with Crippen molar-refractivity contribution in [2.24, 2.45) is 11.8 Å². The second-order valence-electron chi connectivity index (χ2n) is 7.39. The number of hydrogen-bond acceptors (Lipinski definition) is 7. The molecule has 9 nitrogen and oxygen atoms in total. The maximum absolute atomic E-state index is 12.8. The van der Waals surface area contributed by atoms with Gasteiger partial charge in [0.2, 0.25) is 5.88 Å². The zero-order chi connectivity index (χ0) is 21.0. The standard InChI is InChI=1S/C19H30N2O7/c1-7-8-26-16(22)10-14-13-9-15(25-6)20(18(23)27-11(2)3)21(17(13)14)19(24)28-12(4)5/h9,11-14,17H,7-8,10H2,1-6H3/t13-,14+,17-/m1/s1. The van der Waals surface area contributed by atoms with Crippen LogP contribution in [0.1, 0.15) is 47.5 Å². The minimum absolute atomic E-state index is 0.132. The number of hydrogen-bond donors (Lipinski definition) is 0. The Hall–Kier alpha value is -2.45. The monoisotopic (exact) mass is 398 g/mol. The Morgan fingerprint density at radius 3 is 2.21 bits per heavy atom. The van der Waals surface area contributed by atoms with Gasteiger partial charge in [-0.15, -0.1) is 5.01 Å². The molecule has 0 saturated heterocycles. The van der Waals surface area contributed by atoms with Crippen LogP contribution in [0.5, 0.6) is 0 Å². The second-order valence-corrected chi connectivity index (χ2v) is 7.39. The third-order valence-corrected chi connectivity index (χ3v) is 4.34. The summed E-state index contributed by atoms with van der Waals surface area (Å²) in [6.45, 7) is 9.12. The molecular formula is C19H30N2O7. The highest BCUT2D eigenvalue weighted by molar-refractivity contribution is 5.78. The van der Waals surface area contributed by atoms with Crippen molar-refractivity contribution in [2.45, 2.75) is 65.7 Å². The van der Waals surface area contributed by atoms with Crippen LogP contribution in [0, 0.1) is 11.8 Å². The topological polar surface area (TPSA) is 94.6 Å². The van der Waals surface area contributed by atoms with Gasteiger partial charge in [0, 0.05) is 11.8 Å². The summed E-state index contributed by atoms with van der Waals surface area (Å²) in [5, 5.41) is 2.25. The van der Waals surface area contributed by atoms with Crippen LogP contribution >= 0.6 is 0 Å². The average molecular weight is 398 g/mol. The lowest BCUT2D eigenvalue weighted by molar-refractivity contribution is -0.144. The summed E-state index contributed by atoms with van der Waals surface area (Å²) >= 11 is 0. The Balaban J connectivity index is 2.27. The highest BCUT2D eigenvalue weighted by atomic mass is 16.6. The quantitative estimate of drug-likeness (QED) is 0.480. The van der Waals surface area contributed by atoms with Crippen molar-refractivity contribution in [1.82, 2.24) is 10.0 Å². The van der Waals surface area contributed by atoms with Crippen LogP contribution in [-0.4, -0.2) is 60.1 Å². The van der Waals surface area contributed by atoms with Crippen molar-refractivity contribution in [3.8, 4) is 0 Å². The smallest absolute Gasteiger partial charge is 0.436 e. The Morgan fingerprint density at radius 2 is 1.68 bits per heavy atom. The lowest BCUT2D eigenvalue weighted by atomic mass is 10.2. The first kappa shape index (κ1) is 21.8. The van der Waals surface area contributed by atoms with Gasteiger partial charge in [-0.2, -0.15) is 0 Å². The predicted octanol–water partition coefficient (Wildman–Crippen LogP) is 3.05. The normalized spacial score (nSPS) is 23.1. The summed E-state index contributed by atoms with van der Waals surface area (Å²) < 4.78 is 21.1. The van der Waals surface area contributed by atoms with Gasteiger partial charge in [0.05, 0.1) is 38.4 Å². The predicted molar refractivity (Wildman–Crippen MR) is 98.6 cm³/mol. The average Bonchev–Trinajstić information content (AvgIpc) is 3.28. The van der Waals surface area contributed by atoms with Crippen molar-refractivity contribution in [2.75, 3.05) is 13.7 Å². The fourth-order valence-electron chi connectivity index (χ4n) is 3.19. The molecule has 0 aromatic carbocycles. The molecule has 2 amide bonds. The van der Waals surface area contributed by atoms with E-state index in [1.807, 2.05) is 6.92 Å². The van der Waals surface area contributed by atoms with E-state index in [9.17, 15) is 14.4 Å². The van der Waals surface area contributed by atoms with E-state index in [1.165, 1.54) is 12.1 Å². The Kier molecular flexibility index (Phi) is 7.15. The van der Waals surface area contributed by atoms with Crippen LogP contribution in [0.3, 0.4) is 0 Å². The molecule has 2 aliphatic rings. The number of carbonyl (C=O) groups excluding carboxylic acids is 3. The van der Waals surface area contributed by atoms with Crippen LogP contribution < -0.4 is 0 Å². The molecule has 1 saturated carbocycles. The third-order valence-electron chi connectivity index (χ3n) is 4.34. The van der Waals surface area contributed by atoms with Gasteiger partial charge in [-0.1, -0.05) is 6.92 Å². The van der Waals surface area contributed by atoms with Crippen molar-refractivity contribution >= 4 is 18.2 Å². The molecule has 28 heavy (non-hydrogen) atoms. The molecule has 0 bridgehead atoms. The molecule has 1 aliphatic heterocycles. The van der Waals surface area contributed by atoms with Crippen LogP contribution in [-0.2, 0) is 23.7 Å². The molecule has 0 radical (unpaired) electrons. The summed E-state index contributed by atoms with van der Waals surface area (Å²) in [7, 11) is 1.40. The molecule has 0 unspecified atom stereocenters. The molecule has 2 rings (SSSR count). The number of carbonyl (C=O) groups is 3. The minimum Gasteiger partial charge on any atom is -0.481 e. The van der Waals surface area contributed by atoms with Crippen LogP contribution in [0.25, 0.3) is 0 Å². The summed E-state index contributed by atoms with van der Waals surface area (Å²) in [5.74, 6) is -0.489. The Bertz CT molecular complexity index is 632. The molecule has 9 heteroatoms. The molecule has 0 aromatic heterocycles. The molecule has 0 N–H and O–H groups in total. The van der Waals surface area contributed by atoms with Gasteiger partial charge in [0.25, 0.3) is 0 Å². The van der Waals surface area contributed by atoms with Crippen molar-refractivity contribution < 1.29 is 33.3 Å². The molecule has 0 spiro atoms. The Morgan fingerprint density at radius 1 is 1.07 bits per heavy atom. The van der Waals surface area contributed by atoms with E-state index in [-0.39, 0.29) is 42.3 Å². The minimum atomic E-state index is -0.749. The lowest BCUT2D eigenvalue weighted by Gasteiger charge is -2.36. The van der Waals surface area contributed by atoms with Gasteiger partial charge in [0.1, 0.15) is 0 Å². The molecule has 1 fully saturated rings. The van der Waals surface area contributed by atoms with Gasteiger partial charge >= 0.3 is 18.2 Å². The summed E-state index contributed by atoms with van der Waals surface area (Å²) in [6.07, 6.45) is 0.408. The molecular weight excluding hydrogens is 368 g/mol. The zero-order valence-electron chi connectivity index (χ0n) is 17.3. The Labute approximate surface area is 165 Å². The number of rotatable bonds is 7. The van der Waals surface area contributed by atoms with Crippen molar-refractivity contribution in [3.63, 3.8) is 0 Å². The number of hydrazine groups is 1. The van der Waals surface area contributed by atoms with E-state index in [2.05, 4.69) is 0 Å². The zero-order valence-corrected chi connectivity index (χ0v) is 17.3. The van der Waals surface area contributed by atoms with Crippen molar-refractivity contribution in [3.05, 3.63) is 12.0 Å². The first-order chi connectivity index (χ1) is 13.2. The first-order valence-corrected chi connectivity index (χ1v) is 9.63. The van der Waals surface area contributed by atoms with Crippen LogP contribution in [0.2, 0.25) is 0 Å². The highest BCUT2D eigenvalue weighted by Gasteiger charge is 2.61. The fourth-order valence-corrected chi connectivity index (χ4v) is 3.19. The van der Waals surface area contributed by atoms with Gasteiger partial charge in [0.15, 0.2) is 0 Å². The molecule has 0 aromatic rings. The molecule has 1 heterocycles. The molecule has 158 valence electrons. The van der Waals surface area contributed by atoms with Gasteiger partial charge < -0.3 is 18.9 Å². The largest absolute Gasteiger partial charge is 0.481 e. The first-order valence-electron chi connectivity index (χ1n) is 9.63. The highest BCUT2D eigenvalue weighted by Crippen LogP contribution is 2.51. The number of amides is 2. The number of nitrogens with zero attached hydrogens (tertiary/aromatic N) is 2. The van der Waals surface area contributed by atoms with Gasteiger partial charge in [-0.05, 0) is 40.2 Å². The van der Waals surface area contributed by atoms with E-state index in [0.717, 1.165) is 11.4 Å². The fraction of sp³-hybridized carbons (Fsp3) is 0.737. The summed E-state index contributed by atoms with van der Waals surface area (Å²) in [5.41, 5.74) is 0. The number of fused-ring (bicyclic) bond motifs is 1. The van der Waals surface area contributed by atoms with E-state index in [4.69, 9.17) is 18.9 Å². The number of ether oxygens (including phenoxy) is 4. The van der Waals surface area contributed by atoms with E-state index >= 15 is 0 Å². The maximum atomic E-state index is 12.8. The summed E-state index contributed by atoms with van der Waals surface area (Å²) in [6, 6.07) is -0.404. The number of esters is 1. The maximum Gasteiger partial charge on any atom is 0.436 e. The second kappa shape index (κ2) is 9.16.